The molecule has 0 fully saturated rings. The molecule has 18 heavy (non-hydrogen) atoms. The van der Waals surface area contributed by atoms with E-state index in [4.69, 9.17) is 0 Å². The second-order valence-corrected chi connectivity index (χ2v) is 4.47. The summed E-state index contributed by atoms with van der Waals surface area (Å²) in [7, 11) is 1.38. The van der Waals surface area contributed by atoms with Gasteiger partial charge in [-0.25, -0.2) is 4.79 Å². The number of rotatable bonds is 6. The Morgan fingerprint density at radius 2 is 2.06 bits per heavy atom. The first-order valence-electron chi connectivity index (χ1n) is 6.16. The molecule has 0 spiro atoms. The van der Waals surface area contributed by atoms with Crippen LogP contribution in [0.1, 0.15) is 25.8 Å². The molecule has 98 valence electrons. The van der Waals surface area contributed by atoms with Crippen molar-refractivity contribution in [1.82, 2.24) is 5.32 Å². The van der Waals surface area contributed by atoms with Crippen molar-refractivity contribution in [3.05, 3.63) is 48.0 Å². The monoisotopic (exact) mass is 247 g/mol. The predicted octanol–water partition coefficient (Wildman–Crippen LogP) is 2.67. The standard InChI is InChI=1S/C15H21NO2/c1-4-15(2,11-10-14(17)18-3)16-12-13-8-6-5-7-9-13/h5-11,16H,4,12H2,1-3H3/b11-10+. The highest BCUT2D eigenvalue weighted by Crippen LogP contribution is 2.12. The quantitative estimate of drug-likeness (QED) is 0.620. The van der Waals surface area contributed by atoms with Crippen LogP contribution < -0.4 is 5.32 Å². The molecule has 0 aliphatic rings. The molecule has 1 aromatic rings. The molecule has 1 aromatic carbocycles. The van der Waals surface area contributed by atoms with E-state index in [9.17, 15) is 4.79 Å². The zero-order valence-corrected chi connectivity index (χ0v) is 11.3. The second kappa shape index (κ2) is 6.97. The van der Waals surface area contributed by atoms with Gasteiger partial charge in [-0.15, -0.1) is 0 Å². The van der Waals surface area contributed by atoms with Gasteiger partial charge >= 0.3 is 5.97 Å². The summed E-state index contributed by atoms with van der Waals surface area (Å²) in [6.07, 6.45) is 4.23. The Balaban J connectivity index is 2.60. The SMILES string of the molecule is CCC(C)(/C=C/C(=O)OC)NCc1ccccc1. The van der Waals surface area contributed by atoms with Gasteiger partial charge in [-0.1, -0.05) is 43.3 Å². The molecule has 0 heterocycles. The fraction of sp³-hybridized carbons (Fsp3) is 0.400. The molecule has 3 heteroatoms. The zero-order valence-electron chi connectivity index (χ0n) is 11.3. The van der Waals surface area contributed by atoms with Gasteiger partial charge in [0, 0.05) is 18.2 Å². The molecule has 0 aromatic heterocycles. The smallest absolute Gasteiger partial charge is 0.330 e. The van der Waals surface area contributed by atoms with E-state index >= 15 is 0 Å². The minimum Gasteiger partial charge on any atom is -0.466 e. The van der Waals surface area contributed by atoms with Crippen LogP contribution in [-0.4, -0.2) is 18.6 Å². The largest absolute Gasteiger partial charge is 0.466 e. The predicted molar refractivity (Wildman–Crippen MR) is 73.1 cm³/mol. The van der Waals surface area contributed by atoms with Gasteiger partial charge in [-0.3, -0.25) is 0 Å². The van der Waals surface area contributed by atoms with E-state index in [1.165, 1.54) is 18.7 Å². The van der Waals surface area contributed by atoms with Crippen LogP contribution in [0.2, 0.25) is 0 Å². The molecule has 1 N–H and O–H groups in total. The van der Waals surface area contributed by atoms with Crippen molar-refractivity contribution in [3.8, 4) is 0 Å². The number of benzene rings is 1. The Morgan fingerprint density at radius 1 is 1.39 bits per heavy atom. The van der Waals surface area contributed by atoms with Crippen LogP contribution in [0.5, 0.6) is 0 Å². The Bertz CT molecular complexity index is 400. The maximum atomic E-state index is 11.1. The summed E-state index contributed by atoms with van der Waals surface area (Å²) in [6, 6.07) is 10.2. The number of esters is 1. The van der Waals surface area contributed by atoms with Gasteiger partial charge in [0.25, 0.3) is 0 Å². The molecule has 0 aliphatic heterocycles. The summed E-state index contributed by atoms with van der Waals surface area (Å²) in [5.41, 5.74) is 1.02. The van der Waals surface area contributed by atoms with Gasteiger partial charge < -0.3 is 10.1 Å². The van der Waals surface area contributed by atoms with E-state index in [-0.39, 0.29) is 11.5 Å². The maximum Gasteiger partial charge on any atom is 0.330 e. The van der Waals surface area contributed by atoms with Gasteiger partial charge in [0.1, 0.15) is 0 Å². The van der Waals surface area contributed by atoms with Crippen LogP contribution in [0.4, 0.5) is 0 Å². The molecule has 1 rings (SSSR count). The minimum absolute atomic E-state index is 0.204. The van der Waals surface area contributed by atoms with Crippen LogP contribution in [-0.2, 0) is 16.1 Å². The van der Waals surface area contributed by atoms with E-state index in [1.807, 2.05) is 24.3 Å². The second-order valence-electron chi connectivity index (χ2n) is 4.47. The lowest BCUT2D eigenvalue weighted by Crippen LogP contribution is -2.39. The van der Waals surface area contributed by atoms with E-state index in [0.717, 1.165) is 13.0 Å². The third-order valence-electron chi connectivity index (χ3n) is 3.06. The van der Waals surface area contributed by atoms with Gasteiger partial charge in [0.15, 0.2) is 0 Å². The number of nitrogens with one attached hydrogen (secondary N) is 1. The lowest BCUT2D eigenvalue weighted by Gasteiger charge is -2.26. The van der Waals surface area contributed by atoms with Crippen molar-refractivity contribution < 1.29 is 9.53 Å². The normalized spacial score (nSPS) is 14.4. The molecular weight excluding hydrogens is 226 g/mol. The van der Waals surface area contributed by atoms with Crippen LogP contribution >= 0.6 is 0 Å². The lowest BCUT2D eigenvalue weighted by molar-refractivity contribution is -0.134. The Morgan fingerprint density at radius 3 is 2.61 bits per heavy atom. The van der Waals surface area contributed by atoms with Gasteiger partial charge in [0.05, 0.1) is 7.11 Å². The summed E-state index contributed by atoms with van der Waals surface area (Å²) < 4.78 is 4.60. The molecule has 0 saturated heterocycles. The van der Waals surface area contributed by atoms with E-state index in [2.05, 4.69) is 36.0 Å². The minimum atomic E-state index is -0.323. The number of hydrogen-bond acceptors (Lipinski definition) is 3. The average molecular weight is 247 g/mol. The van der Waals surface area contributed by atoms with Crippen molar-refractivity contribution in [2.45, 2.75) is 32.4 Å². The van der Waals surface area contributed by atoms with E-state index in [0.29, 0.717) is 0 Å². The van der Waals surface area contributed by atoms with Crippen molar-refractivity contribution in [2.75, 3.05) is 7.11 Å². The molecule has 0 amide bonds. The van der Waals surface area contributed by atoms with Crippen molar-refractivity contribution in [1.29, 1.82) is 0 Å². The Labute approximate surface area is 109 Å². The summed E-state index contributed by atoms with van der Waals surface area (Å²) in [5.74, 6) is -0.323. The molecular formula is C15H21NO2. The number of hydrogen-bond donors (Lipinski definition) is 1. The first kappa shape index (κ1) is 14.5. The van der Waals surface area contributed by atoms with Crippen molar-refractivity contribution in [2.24, 2.45) is 0 Å². The average Bonchev–Trinajstić information content (AvgIpc) is 2.43. The van der Waals surface area contributed by atoms with Crippen LogP contribution in [0, 0.1) is 0 Å². The van der Waals surface area contributed by atoms with Crippen LogP contribution in [0.25, 0.3) is 0 Å². The lowest BCUT2D eigenvalue weighted by atomic mass is 9.97. The Kier molecular flexibility index (Phi) is 5.59. The first-order valence-corrected chi connectivity index (χ1v) is 6.16. The number of methoxy groups -OCH3 is 1. The molecule has 0 bridgehead atoms. The number of carbonyl (C=O) groups excluding carboxylic acids is 1. The summed E-state index contributed by atoms with van der Waals surface area (Å²) in [6.45, 7) is 4.92. The van der Waals surface area contributed by atoms with Gasteiger partial charge in [-0.05, 0) is 18.9 Å². The highest BCUT2D eigenvalue weighted by molar-refractivity contribution is 5.81. The van der Waals surface area contributed by atoms with Gasteiger partial charge in [0.2, 0.25) is 0 Å². The van der Waals surface area contributed by atoms with E-state index in [1.54, 1.807) is 0 Å². The molecule has 1 unspecified atom stereocenters. The van der Waals surface area contributed by atoms with Crippen LogP contribution in [0.3, 0.4) is 0 Å². The maximum absolute atomic E-state index is 11.1. The van der Waals surface area contributed by atoms with Crippen LogP contribution in [0.15, 0.2) is 42.5 Å². The highest BCUT2D eigenvalue weighted by atomic mass is 16.5. The summed E-state index contributed by atoms with van der Waals surface area (Å²) >= 11 is 0. The molecule has 0 radical (unpaired) electrons. The third-order valence-corrected chi connectivity index (χ3v) is 3.06. The molecule has 3 nitrogen and oxygen atoms in total. The highest BCUT2D eigenvalue weighted by Gasteiger charge is 2.17. The molecule has 1 atom stereocenters. The Hall–Kier alpha value is -1.61. The summed E-state index contributed by atoms with van der Waals surface area (Å²) in [4.78, 5) is 11.1. The number of ether oxygens (including phenoxy) is 1. The van der Waals surface area contributed by atoms with E-state index < -0.39 is 0 Å². The topological polar surface area (TPSA) is 38.3 Å². The summed E-state index contributed by atoms with van der Waals surface area (Å²) in [5, 5.41) is 3.45. The fourth-order valence-electron chi connectivity index (χ4n) is 1.52. The van der Waals surface area contributed by atoms with Crippen molar-refractivity contribution in [3.63, 3.8) is 0 Å². The fourth-order valence-corrected chi connectivity index (χ4v) is 1.52. The third kappa shape index (κ3) is 4.72. The van der Waals surface area contributed by atoms with Crippen molar-refractivity contribution >= 4 is 5.97 Å². The molecule has 0 saturated carbocycles. The van der Waals surface area contributed by atoms with Gasteiger partial charge in [-0.2, -0.15) is 0 Å². The zero-order chi connectivity index (χ0) is 13.4. The molecule has 0 aliphatic carbocycles. The first-order chi connectivity index (χ1) is 8.59. The number of carbonyl (C=O) groups is 1.